The minimum absolute atomic E-state index is 0.103. The van der Waals surface area contributed by atoms with Crippen LogP contribution in [0, 0.1) is 0 Å². The van der Waals surface area contributed by atoms with Gasteiger partial charge in [0.05, 0.1) is 24.8 Å². The van der Waals surface area contributed by atoms with Crippen molar-refractivity contribution >= 4 is 39.6 Å². The molecule has 1 aliphatic heterocycles. The molecule has 2 amide bonds. The Kier molecular flexibility index (Phi) is 4.13. The number of hydrogen-bond donors (Lipinski definition) is 0. The molecule has 0 bridgehead atoms. The second-order valence-corrected chi connectivity index (χ2v) is 7.21. The van der Waals surface area contributed by atoms with Crippen LogP contribution in [-0.2, 0) is 16.1 Å². The van der Waals surface area contributed by atoms with Crippen LogP contribution < -0.4 is 0 Å². The van der Waals surface area contributed by atoms with Crippen molar-refractivity contribution in [2.24, 2.45) is 0 Å². The van der Waals surface area contributed by atoms with E-state index in [0.717, 1.165) is 26.7 Å². The van der Waals surface area contributed by atoms with Gasteiger partial charge in [0.15, 0.2) is 6.04 Å². The molecule has 6 nitrogen and oxygen atoms in total. The molecular formula is C24H18N2O4. The Bertz CT molecular complexity index is 1250. The number of methoxy groups -OCH3 is 1. The highest BCUT2D eigenvalue weighted by Gasteiger charge is 2.43. The summed E-state index contributed by atoms with van der Waals surface area (Å²) in [5.74, 6) is -1.59. The number of rotatable bonds is 4. The molecule has 0 N–H and O–H groups in total. The smallest absolute Gasteiger partial charge is 0.330 e. The summed E-state index contributed by atoms with van der Waals surface area (Å²) in [5, 5.41) is 2.08. The monoisotopic (exact) mass is 398 g/mol. The molecular weight excluding hydrogens is 380 g/mol. The van der Waals surface area contributed by atoms with Gasteiger partial charge in [-0.2, -0.15) is 0 Å². The number of fused-ring (bicyclic) bond motifs is 4. The number of hydrogen-bond acceptors (Lipinski definition) is 4. The quantitative estimate of drug-likeness (QED) is 0.389. The first-order valence-corrected chi connectivity index (χ1v) is 9.62. The largest absolute Gasteiger partial charge is 0.467 e. The molecule has 148 valence electrons. The van der Waals surface area contributed by atoms with Crippen LogP contribution in [0.25, 0.3) is 21.8 Å². The zero-order valence-electron chi connectivity index (χ0n) is 16.2. The van der Waals surface area contributed by atoms with Crippen molar-refractivity contribution in [2.45, 2.75) is 12.6 Å². The van der Waals surface area contributed by atoms with Gasteiger partial charge in [-0.05, 0) is 24.3 Å². The second-order valence-electron chi connectivity index (χ2n) is 7.21. The molecule has 6 heteroatoms. The lowest BCUT2D eigenvalue weighted by molar-refractivity contribution is -0.145. The Hall–Kier alpha value is -3.93. The fourth-order valence-corrected chi connectivity index (χ4v) is 4.26. The molecule has 0 fully saturated rings. The van der Waals surface area contributed by atoms with Gasteiger partial charge in [-0.15, -0.1) is 0 Å². The predicted octanol–water partition coefficient (Wildman–Crippen LogP) is 3.63. The van der Waals surface area contributed by atoms with Crippen LogP contribution in [0.5, 0.6) is 0 Å². The number of ether oxygens (including phenoxy) is 1. The number of para-hydroxylation sites is 2. The molecule has 1 aromatic heterocycles. The molecule has 1 unspecified atom stereocenters. The lowest BCUT2D eigenvalue weighted by Crippen LogP contribution is -2.47. The Morgan fingerprint density at radius 1 is 0.800 bits per heavy atom. The number of carbonyl (C=O) groups is 3. The van der Waals surface area contributed by atoms with E-state index in [2.05, 4.69) is 0 Å². The van der Waals surface area contributed by atoms with Crippen molar-refractivity contribution in [1.82, 2.24) is 9.47 Å². The standard InChI is InChI=1S/C24H18N2O4/c1-30-24(29)21(26-22(27)17-10-2-3-11-18(17)23(26)28)14-25-19-12-6-4-8-15(19)16-9-5-7-13-20(16)25/h2-13,21H,14H2,1H3. The molecule has 1 atom stereocenters. The maximum atomic E-state index is 13.0. The minimum Gasteiger partial charge on any atom is -0.467 e. The number of benzene rings is 3. The summed E-state index contributed by atoms with van der Waals surface area (Å²) < 4.78 is 6.96. The number of amides is 2. The van der Waals surface area contributed by atoms with E-state index in [0.29, 0.717) is 11.1 Å². The number of nitrogens with zero attached hydrogens (tertiary/aromatic N) is 2. The molecule has 4 aromatic rings. The second kappa shape index (κ2) is 6.84. The van der Waals surface area contributed by atoms with Crippen LogP contribution in [0.1, 0.15) is 20.7 Å². The third kappa shape index (κ3) is 2.54. The van der Waals surface area contributed by atoms with Gasteiger partial charge < -0.3 is 9.30 Å². The van der Waals surface area contributed by atoms with Crippen LogP contribution in [0.4, 0.5) is 0 Å². The first-order chi connectivity index (χ1) is 14.6. The number of carbonyl (C=O) groups excluding carboxylic acids is 3. The summed E-state index contributed by atoms with van der Waals surface area (Å²) in [5.41, 5.74) is 2.45. The molecule has 30 heavy (non-hydrogen) atoms. The molecule has 0 saturated heterocycles. The van der Waals surface area contributed by atoms with Gasteiger partial charge in [-0.1, -0.05) is 48.5 Å². The average Bonchev–Trinajstić information content (AvgIpc) is 3.24. The van der Waals surface area contributed by atoms with Crippen LogP contribution in [0.3, 0.4) is 0 Å². The maximum Gasteiger partial charge on any atom is 0.330 e. The van der Waals surface area contributed by atoms with Gasteiger partial charge >= 0.3 is 5.97 Å². The summed E-state index contributed by atoms with van der Waals surface area (Å²) in [7, 11) is 1.26. The van der Waals surface area contributed by atoms with Crippen molar-refractivity contribution in [3.05, 3.63) is 83.9 Å². The van der Waals surface area contributed by atoms with Crippen molar-refractivity contribution < 1.29 is 19.1 Å². The van der Waals surface area contributed by atoms with Gasteiger partial charge in [-0.3, -0.25) is 14.5 Å². The van der Waals surface area contributed by atoms with E-state index in [4.69, 9.17) is 4.74 Å². The molecule has 0 aliphatic carbocycles. The third-order valence-corrected chi connectivity index (χ3v) is 5.65. The zero-order valence-corrected chi connectivity index (χ0v) is 16.2. The van der Waals surface area contributed by atoms with Crippen molar-refractivity contribution in [3.63, 3.8) is 0 Å². The zero-order chi connectivity index (χ0) is 20.8. The van der Waals surface area contributed by atoms with Crippen molar-refractivity contribution in [2.75, 3.05) is 7.11 Å². The van der Waals surface area contributed by atoms with E-state index >= 15 is 0 Å². The molecule has 0 spiro atoms. The number of esters is 1. The van der Waals surface area contributed by atoms with E-state index < -0.39 is 23.8 Å². The van der Waals surface area contributed by atoms with E-state index in [1.165, 1.54) is 7.11 Å². The van der Waals surface area contributed by atoms with Gasteiger partial charge in [0, 0.05) is 21.8 Å². The Morgan fingerprint density at radius 3 is 1.77 bits per heavy atom. The number of imide groups is 1. The highest BCUT2D eigenvalue weighted by molar-refractivity contribution is 6.22. The maximum absolute atomic E-state index is 13.0. The SMILES string of the molecule is COC(=O)C(Cn1c2ccccc2c2ccccc21)N1C(=O)c2ccccc2C1=O. The van der Waals surface area contributed by atoms with Crippen molar-refractivity contribution in [1.29, 1.82) is 0 Å². The minimum atomic E-state index is -1.08. The van der Waals surface area contributed by atoms with Crippen LogP contribution in [0.15, 0.2) is 72.8 Å². The Morgan fingerprint density at radius 2 is 1.27 bits per heavy atom. The molecule has 2 heterocycles. The van der Waals surface area contributed by atoms with Gasteiger partial charge in [0.1, 0.15) is 0 Å². The van der Waals surface area contributed by atoms with Crippen molar-refractivity contribution in [3.8, 4) is 0 Å². The first-order valence-electron chi connectivity index (χ1n) is 9.62. The fraction of sp³-hybridized carbons (Fsp3) is 0.125. The average molecular weight is 398 g/mol. The van der Waals surface area contributed by atoms with E-state index in [1.807, 2.05) is 53.1 Å². The predicted molar refractivity (Wildman–Crippen MR) is 112 cm³/mol. The van der Waals surface area contributed by atoms with Crippen LogP contribution >= 0.6 is 0 Å². The van der Waals surface area contributed by atoms with Gasteiger partial charge in [0.2, 0.25) is 0 Å². The highest BCUT2D eigenvalue weighted by atomic mass is 16.5. The first kappa shape index (κ1) is 18.1. The molecule has 0 radical (unpaired) electrons. The van der Waals surface area contributed by atoms with E-state index in [1.54, 1.807) is 24.3 Å². The Balaban J connectivity index is 1.65. The summed E-state index contributed by atoms with van der Waals surface area (Å²) in [6.07, 6.45) is 0. The molecule has 5 rings (SSSR count). The summed E-state index contributed by atoms with van der Waals surface area (Å²) in [6.45, 7) is 0.103. The number of aromatic nitrogens is 1. The Labute approximate surface area is 172 Å². The molecule has 0 saturated carbocycles. The van der Waals surface area contributed by atoms with Crippen LogP contribution in [-0.4, -0.2) is 40.4 Å². The normalized spacial score (nSPS) is 14.4. The van der Waals surface area contributed by atoms with Gasteiger partial charge in [-0.25, -0.2) is 4.79 Å². The molecule has 1 aliphatic rings. The summed E-state index contributed by atoms with van der Waals surface area (Å²) >= 11 is 0. The topological polar surface area (TPSA) is 68.6 Å². The van der Waals surface area contributed by atoms with Gasteiger partial charge in [0.25, 0.3) is 11.8 Å². The highest BCUT2D eigenvalue weighted by Crippen LogP contribution is 2.31. The lowest BCUT2D eigenvalue weighted by Gasteiger charge is -2.25. The van der Waals surface area contributed by atoms with E-state index in [-0.39, 0.29) is 6.54 Å². The summed E-state index contributed by atoms with van der Waals surface area (Å²) in [4.78, 5) is 39.8. The lowest BCUT2D eigenvalue weighted by atomic mass is 10.1. The van der Waals surface area contributed by atoms with Crippen LogP contribution in [0.2, 0.25) is 0 Å². The summed E-state index contributed by atoms with van der Waals surface area (Å²) in [6, 6.07) is 21.3. The fourth-order valence-electron chi connectivity index (χ4n) is 4.26. The molecule has 3 aromatic carbocycles. The van der Waals surface area contributed by atoms with E-state index in [9.17, 15) is 14.4 Å². The third-order valence-electron chi connectivity index (χ3n) is 5.65.